The van der Waals surface area contributed by atoms with Gasteiger partial charge in [-0.25, -0.2) is 4.98 Å². The molecule has 3 aromatic rings. The van der Waals surface area contributed by atoms with Gasteiger partial charge in [-0.2, -0.15) is 0 Å². The maximum Gasteiger partial charge on any atom is 0.227 e. The number of allylic oxidation sites excluding steroid dienone is 1. The molecule has 0 unspecified atom stereocenters. The number of fused-ring (bicyclic) bond motifs is 1. The molecule has 0 N–H and O–H groups in total. The van der Waals surface area contributed by atoms with E-state index in [0.717, 1.165) is 34.7 Å². The Balaban J connectivity index is 1.70. The van der Waals surface area contributed by atoms with E-state index >= 15 is 0 Å². The molecular weight excluding hydrogens is 354 g/mol. The van der Waals surface area contributed by atoms with Gasteiger partial charge in [0.05, 0.1) is 11.0 Å². The average Bonchev–Trinajstić information content (AvgIpc) is 3.22. The highest BCUT2D eigenvalue weighted by atomic mass is 32.2. The first-order valence-corrected chi connectivity index (χ1v) is 10.3. The van der Waals surface area contributed by atoms with Crippen molar-refractivity contribution >= 4 is 34.4 Å². The normalized spacial score (nSPS) is 17.0. The number of rotatable bonds is 5. The minimum Gasteiger partial charge on any atom is -0.324 e. The van der Waals surface area contributed by atoms with E-state index in [1.165, 1.54) is 4.90 Å². The molecule has 1 amide bonds. The van der Waals surface area contributed by atoms with Gasteiger partial charge in [0.2, 0.25) is 5.91 Å². The topological polar surface area (TPSA) is 38.1 Å². The summed E-state index contributed by atoms with van der Waals surface area (Å²) >= 11 is 1.69. The first-order chi connectivity index (χ1) is 13.1. The smallest absolute Gasteiger partial charge is 0.227 e. The Kier molecular flexibility index (Phi) is 4.79. The molecule has 1 atom stereocenters. The van der Waals surface area contributed by atoms with E-state index < -0.39 is 0 Å². The number of imidazole rings is 1. The summed E-state index contributed by atoms with van der Waals surface area (Å²) in [5.41, 5.74) is 4.12. The molecule has 2 aromatic carbocycles. The van der Waals surface area contributed by atoms with Gasteiger partial charge in [0, 0.05) is 36.0 Å². The van der Waals surface area contributed by atoms with Crippen molar-refractivity contribution in [2.45, 2.75) is 30.7 Å². The highest BCUT2D eigenvalue weighted by Crippen LogP contribution is 2.34. The number of carbonyl (C=O) groups is 1. The van der Waals surface area contributed by atoms with E-state index in [1.54, 1.807) is 11.8 Å². The van der Waals surface area contributed by atoms with Crippen molar-refractivity contribution in [3.63, 3.8) is 0 Å². The molecule has 1 aliphatic rings. The van der Waals surface area contributed by atoms with Crippen LogP contribution in [-0.2, 0) is 11.3 Å². The van der Waals surface area contributed by atoms with Crippen molar-refractivity contribution in [3.8, 4) is 0 Å². The van der Waals surface area contributed by atoms with Crippen LogP contribution in [0.15, 0.2) is 65.6 Å². The first-order valence-electron chi connectivity index (χ1n) is 9.11. The molecule has 4 nitrogen and oxygen atoms in total. The third-order valence-corrected chi connectivity index (χ3v) is 5.69. The first kappa shape index (κ1) is 17.9. The van der Waals surface area contributed by atoms with Gasteiger partial charge >= 0.3 is 0 Å². The Hall–Kier alpha value is -2.53. The highest BCUT2D eigenvalue weighted by Gasteiger charge is 2.34. The van der Waals surface area contributed by atoms with Crippen LogP contribution in [0.1, 0.15) is 25.1 Å². The molecule has 27 heavy (non-hydrogen) atoms. The third-order valence-electron chi connectivity index (χ3n) is 4.97. The second-order valence-electron chi connectivity index (χ2n) is 7.11. The van der Waals surface area contributed by atoms with Crippen LogP contribution in [-0.4, -0.2) is 28.3 Å². The fraction of sp³-hybridized carbons (Fsp3) is 0.273. The van der Waals surface area contributed by atoms with E-state index in [9.17, 15) is 4.79 Å². The average molecular weight is 378 g/mol. The molecule has 0 saturated carbocycles. The van der Waals surface area contributed by atoms with Crippen LogP contribution in [0.5, 0.6) is 0 Å². The van der Waals surface area contributed by atoms with E-state index in [0.29, 0.717) is 13.0 Å². The van der Waals surface area contributed by atoms with Crippen LogP contribution in [0.4, 0.5) is 5.69 Å². The summed E-state index contributed by atoms with van der Waals surface area (Å²) in [6.07, 6.45) is 2.54. The summed E-state index contributed by atoms with van der Waals surface area (Å²) in [6.45, 7) is 7.49. The lowest BCUT2D eigenvalue weighted by molar-refractivity contribution is -0.117. The fourth-order valence-electron chi connectivity index (χ4n) is 3.75. The SMILES string of the molecule is C=C(C)Cn1c([C@@H]2CC(=O)N(c3cccc(SC)c3)C2)nc2ccccc21. The summed E-state index contributed by atoms with van der Waals surface area (Å²) in [5, 5.41) is 0. The molecular formula is C22H23N3OS. The maximum absolute atomic E-state index is 12.8. The van der Waals surface area contributed by atoms with Gasteiger partial charge in [-0.1, -0.05) is 30.4 Å². The highest BCUT2D eigenvalue weighted by molar-refractivity contribution is 7.98. The molecule has 4 rings (SSSR count). The zero-order valence-corrected chi connectivity index (χ0v) is 16.5. The summed E-state index contributed by atoms with van der Waals surface area (Å²) in [6, 6.07) is 16.3. The molecule has 1 aromatic heterocycles. The number of hydrogen-bond acceptors (Lipinski definition) is 3. The standard InChI is InChI=1S/C22H23N3OS/c1-15(2)13-25-20-10-5-4-9-19(20)23-22(25)16-11-21(26)24(14-16)17-7-6-8-18(12-17)27-3/h4-10,12,16H,1,11,13-14H2,2-3H3/t16-/m1/s1. The van der Waals surface area contributed by atoms with Crippen LogP contribution in [0.25, 0.3) is 11.0 Å². The van der Waals surface area contributed by atoms with Crippen molar-refractivity contribution in [1.29, 1.82) is 0 Å². The molecule has 0 radical (unpaired) electrons. The van der Waals surface area contributed by atoms with Crippen LogP contribution >= 0.6 is 11.8 Å². The van der Waals surface area contributed by atoms with E-state index in [2.05, 4.69) is 29.3 Å². The van der Waals surface area contributed by atoms with Crippen molar-refractivity contribution in [2.75, 3.05) is 17.7 Å². The molecule has 1 aliphatic heterocycles. The number of amides is 1. The Labute approximate surface area is 163 Å². The lowest BCUT2D eigenvalue weighted by Gasteiger charge is -2.18. The molecule has 2 heterocycles. The van der Waals surface area contributed by atoms with E-state index in [4.69, 9.17) is 4.98 Å². The Morgan fingerprint density at radius 1 is 1.26 bits per heavy atom. The number of nitrogens with zero attached hydrogens (tertiary/aromatic N) is 3. The number of anilines is 1. The zero-order valence-electron chi connectivity index (χ0n) is 15.7. The van der Waals surface area contributed by atoms with Crippen LogP contribution in [0, 0.1) is 0 Å². The number of aromatic nitrogens is 2. The van der Waals surface area contributed by atoms with Gasteiger partial charge in [-0.3, -0.25) is 4.79 Å². The molecule has 0 aliphatic carbocycles. The van der Waals surface area contributed by atoms with Gasteiger partial charge in [-0.05, 0) is 43.5 Å². The molecule has 0 bridgehead atoms. The van der Waals surface area contributed by atoms with Crippen molar-refractivity contribution in [1.82, 2.24) is 9.55 Å². The minimum atomic E-state index is 0.0854. The van der Waals surface area contributed by atoms with Crippen molar-refractivity contribution in [2.24, 2.45) is 0 Å². The number of para-hydroxylation sites is 2. The second kappa shape index (κ2) is 7.24. The summed E-state index contributed by atoms with van der Waals surface area (Å²) in [7, 11) is 0. The monoisotopic (exact) mass is 377 g/mol. The van der Waals surface area contributed by atoms with Gasteiger partial charge < -0.3 is 9.47 Å². The van der Waals surface area contributed by atoms with Crippen molar-refractivity contribution < 1.29 is 4.79 Å². The number of carbonyl (C=O) groups excluding carboxylic acids is 1. The molecule has 1 fully saturated rings. The van der Waals surface area contributed by atoms with E-state index in [1.807, 2.05) is 48.4 Å². The second-order valence-corrected chi connectivity index (χ2v) is 7.99. The lowest BCUT2D eigenvalue weighted by Crippen LogP contribution is -2.24. The Bertz CT molecular complexity index is 1020. The zero-order chi connectivity index (χ0) is 19.0. The maximum atomic E-state index is 12.8. The Morgan fingerprint density at radius 3 is 2.85 bits per heavy atom. The van der Waals surface area contributed by atoms with E-state index in [-0.39, 0.29) is 11.8 Å². The van der Waals surface area contributed by atoms with Gasteiger partial charge in [0.15, 0.2) is 0 Å². The largest absolute Gasteiger partial charge is 0.324 e. The quantitative estimate of drug-likeness (QED) is 0.471. The van der Waals surface area contributed by atoms with Gasteiger partial charge in [-0.15, -0.1) is 11.8 Å². The van der Waals surface area contributed by atoms with Crippen LogP contribution in [0.3, 0.4) is 0 Å². The third kappa shape index (κ3) is 3.39. The fourth-order valence-corrected chi connectivity index (χ4v) is 4.20. The van der Waals surface area contributed by atoms with Crippen LogP contribution < -0.4 is 4.90 Å². The predicted octanol–water partition coefficient (Wildman–Crippen LogP) is 4.85. The summed E-state index contributed by atoms with van der Waals surface area (Å²) in [5.74, 6) is 1.23. The molecule has 0 spiro atoms. The van der Waals surface area contributed by atoms with Crippen molar-refractivity contribution in [3.05, 3.63) is 66.5 Å². The van der Waals surface area contributed by atoms with Gasteiger partial charge in [0.1, 0.15) is 5.82 Å². The molecule has 5 heteroatoms. The predicted molar refractivity (Wildman–Crippen MR) is 112 cm³/mol. The van der Waals surface area contributed by atoms with Gasteiger partial charge in [0.25, 0.3) is 0 Å². The summed E-state index contributed by atoms with van der Waals surface area (Å²) in [4.78, 5) is 20.7. The molecule has 1 saturated heterocycles. The minimum absolute atomic E-state index is 0.0854. The lowest BCUT2D eigenvalue weighted by atomic mass is 10.1. The van der Waals surface area contributed by atoms with Crippen LogP contribution in [0.2, 0.25) is 0 Å². The number of hydrogen-bond donors (Lipinski definition) is 0. The number of thioether (sulfide) groups is 1. The molecule has 138 valence electrons. The Morgan fingerprint density at radius 2 is 2.07 bits per heavy atom. The summed E-state index contributed by atoms with van der Waals surface area (Å²) < 4.78 is 2.22. The number of benzene rings is 2.